The highest BCUT2D eigenvalue weighted by Crippen LogP contribution is 2.31. The van der Waals surface area contributed by atoms with Gasteiger partial charge in [0, 0.05) is 25.2 Å². The molecule has 3 aliphatic heterocycles. The molecule has 0 radical (unpaired) electrons. The minimum absolute atomic E-state index is 0.764. The van der Waals surface area contributed by atoms with E-state index in [9.17, 15) is 0 Å². The third-order valence-electron chi connectivity index (χ3n) is 5.44. The van der Waals surface area contributed by atoms with Crippen molar-refractivity contribution in [1.82, 2.24) is 15.1 Å². The molecule has 0 aliphatic carbocycles. The Hall–Kier alpha value is -0.120. The average Bonchev–Trinajstić information content (AvgIpc) is 2.82. The molecule has 3 nitrogen and oxygen atoms in total. The summed E-state index contributed by atoms with van der Waals surface area (Å²) in [6.07, 6.45) is 8.37. The molecule has 0 aromatic carbocycles. The van der Waals surface area contributed by atoms with E-state index in [0.29, 0.717) is 0 Å². The molecule has 110 valence electrons. The molecule has 2 bridgehead atoms. The molecule has 0 amide bonds. The number of piperidine rings is 2. The second kappa shape index (κ2) is 6.55. The van der Waals surface area contributed by atoms with Crippen LogP contribution in [0.15, 0.2) is 0 Å². The molecule has 3 heterocycles. The van der Waals surface area contributed by atoms with Crippen LogP contribution in [0.1, 0.15) is 45.4 Å². The lowest BCUT2D eigenvalue weighted by molar-refractivity contribution is 0.0866. The molecule has 3 rings (SSSR count). The average molecular weight is 265 g/mol. The highest BCUT2D eigenvalue weighted by molar-refractivity contribution is 4.93. The third kappa shape index (κ3) is 3.32. The van der Waals surface area contributed by atoms with Crippen molar-refractivity contribution in [3.63, 3.8) is 0 Å². The molecule has 1 N–H and O–H groups in total. The summed E-state index contributed by atoms with van der Waals surface area (Å²) >= 11 is 0. The number of nitrogens with one attached hydrogen (secondary N) is 1. The van der Waals surface area contributed by atoms with Crippen LogP contribution in [-0.2, 0) is 0 Å². The zero-order valence-corrected chi connectivity index (χ0v) is 12.6. The fourth-order valence-corrected chi connectivity index (χ4v) is 4.45. The monoisotopic (exact) mass is 265 g/mol. The Kier molecular flexibility index (Phi) is 4.78. The van der Waals surface area contributed by atoms with Crippen molar-refractivity contribution in [2.45, 2.75) is 57.5 Å². The van der Waals surface area contributed by atoms with Gasteiger partial charge in [-0.25, -0.2) is 0 Å². The number of fused-ring (bicyclic) bond motifs is 2. The van der Waals surface area contributed by atoms with Gasteiger partial charge < -0.3 is 10.2 Å². The fourth-order valence-electron chi connectivity index (χ4n) is 4.45. The van der Waals surface area contributed by atoms with Crippen LogP contribution < -0.4 is 5.32 Å². The summed E-state index contributed by atoms with van der Waals surface area (Å²) in [4.78, 5) is 5.51. The van der Waals surface area contributed by atoms with E-state index >= 15 is 0 Å². The Morgan fingerprint density at radius 3 is 2.84 bits per heavy atom. The molecule has 19 heavy (non-hydrogen) atoms. The van der Waals surface area contributed by atoms with Crippen LogP contribution in [0.3, 0.4) is 0 Å². The predicted octanol–water partition coefficient (Wildman–Crippen LogP) is 1.93. The van der Waals surface area contributed by atoms with Crippen LogP contribution in [0.25, 0.3) is 0 Å². The zero-order valence-electron chi connectivity index (χ0n) is 12.6. The minimum Gasteiger partial charge on any atom is -0.313 e. The number of rotatable bonds is 5. The fraction of sp³-hybridized carbons (Fsp3) is 1.00. The van der Waals surface area contributed by atoms with Gasteiger partial charge in [-0.3, -0.25) is 4.90 Å². The molecule has 0 aromatic rings. The van der Waals surface area contributed by atoms with Crippen LogP contribution in [0, 0.1) is 5.92 Å². The van der Waals surface area contributed by atoms with Gasteiger partial charge in [-0.2, -0.15) is 0 Å². The molecular weight excluding hydrogens is 234 g/mol. The second-order valence-corrected chi connectivity index (χ2v) is 6.85. The van der Waals surface area contributed by atoms with Gasteiger partial charge >= 0.3 is 0 Å². The molecule has 3 fully saturated rings. The first kappa shape index (κ1) is 13.8. The van der Waals surface area contributed by atoms with Gasteiger partial charge in [0.15, 0.2) is 0 Å². The van der Waals surface area contributed by atoms with E-state index in [-0.39, 0.29) is 0 Å². The number of hydrogen-bond acceptors (Lipinski definition) is 3. The van der Waals surface area contributed by atoms with Gasteiger partial charge in [0.2, 0.25) is 0 Å². The van der Waals surface area contributed by atoms with E-state index in [1.165, 1.54) is 77.8 Å². The highest BCUT2D eigenvalue weighted by Gasteiger charge is 2.37. The third-order valence-corrected chi connectivity index (χ3v) is 5.44. The first-order chi connectivity index (χ1) is 9.36. The summed E-state index contributed by atoms with van der Waals surface area (Å²) in [5.74, 6) is 0.962. The molecule has 3 heteroatoms. The first-order valence-electron chi connectivity index (χ1n) is 8.56. The van der Waals surface area contributed by atoms with Gasteiger partial charge in [0.1, 0.15) is 0 Å². The van der Waals surface area contributed by atoms with Crippen molar-refractivity contribution >= 4 is 0 Å². The Morgan fingerprint density at radius 1 is 1.16 bits per heavy atom. The first-order valence-corrected chi connectivity index (χ1v) is 8.56. The topological polar surface area (TPSA) is 18.5 Å². The van der Waals surface area contributed by atoms with E-state index in [1.807, 2.05) is 0 Å². The summed E-state index contributed by atoms with van der Waals surface area (Å²) in [5.41, 5.74) is 0. The van der Waals surface area contributed by atoms with Crippen LogP contribution in [0.2, 0.25) is 0 Å². The molecule has 0 aromatic heterocycles. The minimum atomic E-state index is 0.764. The van der Waals surface area contributed by atoms with Crippen molar-refractivity contribution in [2.75, 3.05) is 39.3 Å². The summed E-state index contributed by atoms with van der Waals surface area (Å²) in [7, 11) is 0. The SMILES string of the molecule is CCCN(CC1CCCCN1)C1CCN2CCC1C2. The van der Waals surface area contributed by atoms with Crippen molar-refractivity contribution in [3.05, 3.63) is 0 Å². The molecule has 4 unspecified atom stereocenters. The summed E-state index contributed by atoms with van der Waals surface area (Å²) in [6.45, 7) is 10.3. The lowest BCUT2D eigenvalue weighted by Gasteiger charge is -2.41. The van der Waals surface area contributed by atoms with Gasteiger partial charge in [-0.1, -0.05) is 13.3 Å². The maximum atomic E-state index is 3.74. The number of nitrogens with zero attached hydrogens (tertiary/aromatic N) is 2. The van der Waals surface area contributed by atoms with Gasteiger partial charge in [-0.05, 0) is 64.2 Å². The van der Waals surface area contributed by atoms with E-state index in [0.717, 1.165) is 18.0 Å². The normalized spacial score (nSPS) is 38.8. The lowest BCUT2D eigenvalue weighted by atomic mass is 9.91. The highest BCUT2D eigenvalue weighted by atomic mass is 15.2. The van der Waals surface area contributed by atoms with Crippen molar-refractivity contribution < 1.29 is 0 Å². The maximum Gasteiger partial charge on any atom is 0.0195 e. The lowest BCUT2D eigenvalue weighted by Crippen LogP contribution is -2.52. The largest absolute Gasteiger partial charge is 0.313 e. The van der Waals surface area contributed by atoms with Crippen LogP contribution in [0.4, 0.5) is 0 Å². The molecule has 4 atom stereocenters. The van der Waals surface area contributed by atoms with Crippen LogP contribution >= 0.6 is 0 Å². The molecular formula is C16H31N3. The Balaban J connectivity index is 1.59. The molecule has 3 aliphatic rings. The van der Waals surface area contributed by atoms with Crippen molar-refractivity contribution in [2.24, 2.45) is 5.92 Å². The second-order valence-electron chi connectivity index (χ2n) is 6.85. The van der Waals surface area contributed by atoms with E-state index in [4.69, 9.17) is 0 Å². The number of hydrogen-bond donors (Lipinski definition) is 1. The van der Waals surface area contributed by atoms with E-state index in [1.54, 1.807) is 0 Å². The summed E-state index contributed by atoms with van der Waals surface area (Å²) in [6, 6.07) is 1.64. The Morgan fingerprint density at radius 2 is 2.05 bits per heavy atom. The van der Waals surface area contributed by atoms with Gasteiger partial charge in [-0.15, -0.1) is 0 Å². The standard InChI is InChI=1S/C16H31N3/c1-2-9-19(13-15-5-3-4-8-17-15)16-7-11-18-10-6-14(16)12-18/h14-17H,2-13H2,1H3. The Bertz CT molecular complexity index is 275. The molecule has 3 saturated heterocycles. The van der Waals surface area contributed by atoms with E-state index in [2.05, 4.69) is 22.0 Å². The van der Waals surface area contributed by atoms with Gasteiger partial charge in [0.05, 0.1) is 0 Å². The maximum absolute atomic E-state index is 3.74. The predicted molar refractivity (Wildman–Crippen MR) is 80.5 cm³/mol. The quantitative estimate of drug-likeness (QED) is 0.819. The summed E-state index contributed by atoms with van der Waals surface area (Å²) < 4.78 is 0. The van der Waals surface area contributed by atoms with E-state index < -0.39 is 0 Å². The zero-order chi connectivity index (χ0) is 13.1. The summed E-state index contributed by atoms with van der Waals surface area (Å²) in [5, 5.41) is 3.74. The molecule has 0 saturated carbocycles. The van der Waals surface area contributed by atoms with Crippen molar-refractivity contribution in [1.29, 1.82) is 0 Å². The van der Waals surface area contributed by atoms with Crippen LogP contribution in [0.5, 0.6) is 0 Å². The molecule has 0 spiro atoms. The van der Waals surface area contributed by atoms with Crippen molar-refractivity contribution in [3.8, 4) is 0 Å². The van der Waals surface area contributed by atoms with Crippen LogP contribution in [-0.4, -0.2) is 61.2 Å². The Labute approximate surface area is 118 Å². The smallest absolute Gasteiger partial charge is 0.0195 e. The van der Waals surface area contributed by atoms with Gasteiger partial charge in [0.25, 0.3) is 0 Å².